The first kappa shape index (κ1) is 19.3. The summed E-state index contributed by atoms with van der Waals surface area (Å²) in [6.07, 6.45) is 9.82. The third kappa shape index (κ3) is 4.68. The topological polar surface area (TPSA) is 58.6 Å². The third-order valence-electron chi connectivity index (χ3n) is 6.38. The standard InChI is InChI=1S/C23H32N2O3/c1-16-4-7-18(8-5-16)25(19-9-10-19)23(27)3-2-14-28-20-11-12-21-17(15-20)6-13-22(26)24-21/h11-12,15-16,18-19H,2-10,13-14H2,1H3,(H,24,26). The van der Waals surface area contributed by atoms with E-state index in [2.05, 4.69) is 17.1 Å². The third-order valence-corrected chi connectivity index (χ3v) is 6.38. The molecule has 0 radical (unpaired) electrons. The van der Waals surface area contributed by atoms with Crippen molar-refractivity contribution in [2.75, 3.05) is 11.9 Å². The molecule has 1 aliphatic heterocycles. The SMILES string of the molecule is CC1CCC(N(C(=O)CCCOc2ccc3c(c2)CCC(=O)N3)C2CC2)CC1. The number of amides is 2. The molecule has 0 spiro atoms. The van der Waals surface area contributed by atoms with Gasteiger partial charge >= 0.3 is 0 Å². The second-order valence-corrected chi connectivity index (χ2v) is 8.77. The Morgan fingerprint density at radius 2 is 1.82 bits per heavy atom. The number of hydrogen-bond donors (Lipinski definition) is 1. The predicted molar refractivity (Wildman–Crippen MR) is 109 cm³/mol. The van der Waals surface area contributed by atoms with Crippen molar-refractivity contribution < 1.29 is 14.3 Å². The molecule has 2 aliphatic carbocycles. The lowest BCUT2D eigenvalue weighted by Gasteiger charge is -2.36. The van der Waals surface area contributed by atoms with Crippen molar-refractivity contribution >= 4 is 17.5 Å². The number of anilines is 1. The summed E-state index contributed by atoms with van der Waals surface area (Å²) in [5.74, 6) is 2.03. The van der Waals surface area contributed by atoms with Crippen molar-refractivity contribution in [3.8, 4) is 5.75 Å². The number of fused-ring (bicyclic) bond motifs is 1. The van der Waals surface area contributed by atoms with Crippen LogP contribution in [0.1, 0.15) is 70.3 Å². The molecule has 4 rings (SSSR count). The van der Waals surface area contributed by atoms with Gasteiger partial charge < -0.3 is 15.0 Å². The van der Waals surface area contributed by atoms with Crippen LogP contribution >= 0.6 is 0 Å². The van der Waals surface area contributed by atoms with Gasteiger partial charge in [-0.15, -0.1) is 0 Å². The summed E-state index contributed by atoms with van der Waals surface area (Å²) in [5.41, 5.74) is 2.01. The Kier molecular flexibility index (Phi) is 5.88. The van der Waals surface area contributed by atoms with E-state index in [0.717, 1.165) is 35.8 Å². The second kappa shape index (κ2) is 8.54. The Morgan fingerprint density at radius 3 is 2.54 bits per heavy atom. The van der Waals surface area contributed by atoms with Gasteiger partial charge in [0.2, 0.25) is 11.8 Å². The number of carbonyl (C=O) groups is 2. The molecule has 1 aromatic rings. The van der Waals surface area contributed by atoms with Crippen molar-refractivity contribution in [1.82, 2.24) is 4.90 Å². The summed E-state index contributed by atoms with van der Waals surface area (Å²) in [6.45, 7) is 2.88. The normalized spacial score (nSPS) is 24.2. The summed E-state index contributed by atoms with van der Waals surface area (Å²) in [4.78, 5) is 26.5. The van der Waals surface area contributed by atoms with E-state index in [9.17, 15) is 9.59 Å². The van der Waals surface area contributed by atoms with Crippen LogP contribution in [-0.2, 0) is 16.0 Å². The summed E-state index contributed by atoms with van der Waals surface area (Å²) in [6, 6.07) is 6.78. The van der Waals surface area contributed by atoms with Crippen LogP contribution in [0.4, 0.5) is 5.69 Å². The van der Waals surface area contributed by atoms with E-state index in [1.807, 2.05) is 18.2 Å². The molecule has 3 aliphatic rings. The largest absolute Gasteiger partial charge is 0.494 e. The Balaban J connectivity index is 1.24. The first-order valence-electron chi connectivity index (χ1n) is 11.0. The number of ether oxygens (including phenoxy) is 1. The molecule has 0 atom stereocenters. The maximum absolute atomic E-state index is 12.9. The van der Waals surface area contributed by atoms with Gasteiger partial charge in [-0.1, -0.05) is 6.92 Å². The summed E-state index contributed by atoms with van der Waals surface area (Å²) in [7, 11) is 0. The van der Waals surface area contributed by atoms with E-state index >= 15 is 0 Å². The van der Waals surface area contributed by atoms with Gasteiger partial charge in [0.1, 0.15) is 5.75 Å². The van der Waals surface area contributed by atoms with E-state index < -0.39 is 0 Å². The molecule has 2 amide bonds. The van der Waals surface area contributed by atoms with Crippen LogP contribution in [0.15, 0.2) is 18.2 Å². The molecule has 1 heterocycles. The molecule has 1 aromatic carbocycles. The number of benzene rings is 1. The van der Waals surface area contributed by atoms with Gasteiger partial charge in [-0.05, 0) is 81.0 Å². The molecule has 28 heavy (non-hydrogen) atoms. The first-order valence-corrected chi connectivity index (χ1v) is 11.0. The molecule has 5 heteroatoms. The highest BCUT2D eigenvalue weighted by molar-refractivity contribution is 5.94. The molecule has 1 N–H and O–H groups in total. The van der Waals surface area contributed by atoms with Crippen molar-refractivity contribution in [2.24, 2.45) is 5.92 Å². The lowest BCUT2D eigenvalue weighted by atomic mass is 9.86. The molecular formula is C23H32N2O3. The van der Waals surface area contributed by atoms with Gasteiger partial charge in [0, 0.05) is 30.6 Å². The van der Waals surface area contributed by atoms with Crippen LogP contribution in [0.5, 0.6) is 5.75 Å². The van der Waals surface area contributed by atoms with Gasteiger partial charge in [0.25, 0.3) is 0 Å². The molecule has 0 aromatic heterocycles. The minimum Gasteiger partial charge on any atom is -0.494 e. The summed E-state index contributed by atoms with van der Waals surface area (Å²) in [5, 5.41) is 2.89. The monoisotopic (exact) mass is 384 g/mol. The highest BCUT2D eigenvalue weighted by Gasteiger charge is 2.37. The van der Waals surface area contributed by atoms with Crippen molar-refractivity contribution in [1.29, 1.82) is 0 Å². The van der Waals surface area contributed by atoms with Crippen molar-refractivity contribution in [2.45, 2.75) is 83.2 Å². The van der Waals surface area contributed by atoms with Crippen LogP contribution in [0.2, 0.25) is 0 Å². The zero-order chi connectivity index (χ0) is 19.5. The smallest absolute Gasteiger partial charge is 0.224 e. The zero-order valence-corrected chi connectivity index (χ0v) is 16.9. The molecule has 5 nitrogen and oxygen atoms in total. The highest BCUT2D eigenvalue weighted by Crippen LogP contribution is 2.35. The Hall–Kier alpha value is -2.04. The number of nitrogens with one attached hydrogen (secondary N) is 1. The van der Waals surface area contributed by atoms with Gasteiger partial charge in [-0.3, -0.25) is 9.59 Å². The van der Waals surface area contributed by atoms with Gasteiger partial charge in [0.15, 0.2) is 0 Å². The second-order valence-electron chi connectivity index (χ2n) is 8.77. The quantitative estimate of drug-likeness (QED) is 0.713. The average molecular weight is 385 g/mol. The molecule has 0 unspecified atom stereocenters. The van der Waals surface area contributed by atoms with Gasteiger partial charge in [0.05, 0.1) is 6.61 Å². The average Bonchev–Trinajstić information content (AvgIpc) is 3.52. The lowest BCUT2D eigenvalue weighted by Crippen LogP contribution is -2.43. The highest BCUT2D eigenvalue weighted by atomic mass is 16.5. The fourth-order valence-corrected chi connectivity index (χ4v) is 4.57. The van der Waals surface area contributed by atoms with E-state index in [1.54, 1.807) is 0 Å². The number of carbonyl (C=O) groups excluding carboxylic acids is 2. The van der Waals surface area contributed by atoms with Crippen LogP contribution in [0, 0.1) is 5.92 Å². The summed E-state index contributed by atoms with van der Waals surface area (Å²) < 4.78 is 5.88. The van der Waals surface area contributed by atoms with Gasteiger partial charge in [-0.25, -0.2) is 0 Å². The number of hydrogen-bond acceptors (Lipinski definition) is 3. The van der Waals surface area contributed by atoms with E-state index in [4.69, 9.17) is 4.74 Å². The summed E-state index contributed by atoms with van der Waals surface area (Å²) >= 11 is 0. The molecule has 2 fully saturated rings. The molecular weight excluding hydrogens is 352 g/mol. The predicted octanol–water partition coefficient (Wildman–Crippen LogP) is 4.30. The minimum absolute atomic E-state index is 0.0762. The number of aryl methyl sites for hydroxylation is 1. The van der Waals surface area contributed by atoms with Crippen LogP contribution < -0.4 is 10.1 Å². The molecule has 152 valence electrons. The molecule has 2 saturated carbocycles. The Labute approximate surface area is 167 Å². The Morgan fingerprint density at radius 1 is 1.11 bits per heavy atom. The van der Waals surface area contributed by atoms with Crippen LogP contribution in [-0.4, -0.2) is 35.4 Å². The minimum atomic E-state index is 0.0762. The van der Waals surface area contributed by atoms with Gasteiger partial charge in [-0.2, -0.15) is 0 Å². The van der Waals surface area contributed by atoms with E-state index in [-0.39, 0.29) is 5.91 Å². The zero-order valence-electron chi connectivity index (χ0n) is 16.9. The maximum atomic E-state index is 12.9. The van der Waals surface area contributed by atoms with Crippen molar-refractivity contribution in [3.05, 3.63) is 23.8 Å². The first-order chi connectivity index (χ1) is 13.6. The molecule has 0 saturated heterocycles. The van der Waals surface area contributed by atoms with E-state index in [0.29, 0.717) is 37.4 Å². The number of nitrogens with zero attached hydrogens (tertiary/aromatic N) is 1. The van der Waals surface area contributed by atoms with Crippen LogP contribution in [0.3, 0.4) is 0 Å². The fraction of sp³-hybridized carbons (Fsp3) is 0.652. The van der Waals surface area contributed by atoms with Crippen molar-refractivity contribution in [3.63, 3.8) is 0 Å². The van der Waals surface area contributed by atoms with Crippen LogP contribution in [0.25, 0.3) is 0 Å². The lowest BCUT2D eigenvalue weighted by molar-refractivity contribution is -0.135. The fourth-order valence-electron chi connectivity index (χ4n) is 4.57. The van der Waals surface area contributed by atoms with E-state index in [1.165, 1.54) is 38.5 Å². The Bertz CT molecular complexity index is 721. The number of rotatable bonds is 7. The maximum Gasteiger partial charge on any atom is 0.224 e. The molecule has 0 bridgehead atoms.